The molecule has 2 nitrogen and oxygen atoms in total. The molecule has 2 aromatic rings. The van der Waals surface area contributed by atoms with Gasteiger partial charge in [-0.05, 0) is 40.6 Å². The van der Waals surface area contributed by atoms with Gasteiger partial charge in [-0.1, -0.05) is 49.2 Å². The van der Waals surface area contributed by atoms with Crippen molar-refractivity contribution in [1.29, 1.82) is 0 Å². The van der Waals surface area contributed by atoms with E-state index in [0.29, 0.717) is 6.85 Å². The highest BCUT2D eigenvalue weighted by molar-refractivity contribution is 6.85. The lowest BCUT2D eigenvalue weighted by atomic mass is 9.47. The lowest BCUT2D eigenvalue weighted by Crippen LogP contribution is -2.30. The minimum absolute atomic E-state index is 0.423. The zero-order valence-corrected chi connectivity index (χ0v) is 12.2. The van der Waals surface area contributed by atoms with Gasteiger partial charge in [-0.2, -0.15) is 0 Å². The molecule has 1 heterocycles. The van der Waals surface area contributed by atoms with Crippen LogP contribution in [0.2, 0.25) is 5.82 Å². The molecule has 1 fully saturated rings. The summed E-state index contributed by atoms with van der Waals surface area (Å²) in [5.41, 5.74) is 5.16. The zero-order valence-electron chi connectivity index (χ0n) is 12.2. The summed E-state index contributed by atoms with van der Waals surface area (Å²) in [4.78, 5) is 0. The van der Waals surface area contributed by atoms with Gasteiger partial charge in [0.05, 0.1) is 7.11 Å². The lowest BCUT2D eigenvalue weighted by molar-refractivity contribution is 0.414. The number of anilines is 1. The molecule has 0 atom stereocenters. The van der Waals surface area contributed by atoms with Crippen LogP contribution >= 0.6 is 0 Å². The second-order valence-corrected chi connectivity index (χ2v) is 5.88. The van der Waals surface area contributed by atoms with Crippen LogP contribution in [0.4, 0.5) is 5.69 Å². The van der Waals surface area contributed by atoms with E-state index < -0.39 is 0 Å². The number of methoxy groups -OCH3 is 1. The first kappa shape index (κ1) is 12.6. The Morgan fingerprint density at radius 2 is 1.95 bits per heavy atom. The van der Waals surface area contributed by atoms with E-state index in [-0.39, 0.29) is 0 Å². The molecule has 0 bridgehead atoms. The van der Waals surface area contributed by atoms with Crippen molar-refractivity contribution in [2.75, 3.05) is 12.3 Å². The number of hydrogen-bond acceptors (Lipinski definition) is 2. The first-order valence-electron chi connectivity index (χ1n) is 7.57. The lowest BCUT2D eigenvalue weighted by Gasteiger charge is -2.26. The molecule has 2 aromatic carbocycles. The van der Waals surface area contributed by atoms with Crippen molar-refractivity contribution in [3.05, 3.63) is 59.7 Å². The Balaban J connectivity index is 1.81. The fourth-order valence-electron chi connectivity index (χ4n) is 3.12. The van der Waals surface area contributed by atoms with Crippen LogP contribution in [0.5, 0.6) is 5.75 Å². The van der Waals surface area contributed by atoms with Crippen molar-refractivity contribution in [1.82, 2.24) is 0 Å². The molecule has 1 aliphatic heterocycles. The second-order valence-electron chi connectivity index (χ2n) is 5.88. The van der Waals surface area contributed by atoms with Gasteiger partial charge in [0.1, 0.15) is 5.75 Å². The van der Waals surface area contributed by atoms with E-state index in [2.05, 4.69) is 53.8 Å². The van der Waals surface area contributed by atoms with Gasteiger partial charge in [-0.25, -0.2) is 0 Å². The van der Waals surface area contributed by atoms with Crippen LogP contribution < -0.4 is 9.96 Å². The van der Waals surface area contributed by atoms with Gasteiger partial charge in [0, 0.05) is 5.69 Å². The smallest absolute Gasteiger partial charge is 0.290 e. The summed E-state index contributed by atoms with van der Waals surface area (Å²) in [6.07, 6.45) is 4.98. The summed E-state index contributed by atoms with van der Waals surface area (Å²) in [6.45, 7) is 0.423. The standard InChI is InChI=1S/C18H18BNO/c1-21-16-7-4-6-13(11-16)17-12-14-5-2-3-8-18(14)20-19(17)15-9-10-15/h2-8,11-12,15,20H,9-10H2,1H3. The monoisotopic (exact) mass is 275 g/mol. The zero-order chi connectivity index (χ0) is 14.2. The van der Waals surface area contributed by atoms with Gasteiger partial charge in [0.25, 0.3) is 6.85 Å². The van der Waals surface area contributed by atoms with Crippen LogP contribution in [-0.2, 0) is 0 Å². The molecule has 1 aliphatic carbocycles. The highest BCUT2D eigenvalue weighted by Gasteiger charge is 2.40. The van der Waals surface area contributed by atoms with E-state index in [1.807, 2.05) is 6.07 Å². The Morgan fingerprint density at radius 3 is 2.76 bits per heavy atom. The predicted octanol–water partition coefficient (Wildman–Crippen LogP) is 4.36. The summed E-state index contributed by atoms with van der Waals surface area (Å²) in [7, 11) is 1.72. The number of nitrogens with one attached hydrogen (secondary N) is 1. The van der Waals surface area contributed by atoms with E-state index >= 15 is 0 Å². The van der Waals surface area contributed by atoms with Crippen molar-refractivity contribution < 1.29 is 4.74 Å². The second kappa shape index (κ2) is 4.99. The summed E-state index contributed by atoms with van der Waals surface area (Å²) in [5, 5.41) is 3.74. The van der Waals surface area contributed by atoms with Crippen LogP contribution in [0.15, 0.2) is 48.5 Å². The van der Waals surface area contributed by atoms with E-state index in [4.69, 9.17) is 4.74 Å². The van der Waals surface area contributed by atoms with Gasteiger partial charge in [-0.15, -0.1) is 0 Å². The molecule has 0 spiro atoms. The first-order valence-corrected chi connectivity index (χ1v) is 7.57. The maximum Gasteiger partial charge on any atom is 0.290 e. The summed E-state index contributed by atoms with van der Waals surface area (Å²) in [5.74, 6) is 1.68. The normalized spacial score (nSPS) is 16.8. The number of para-hydroxylation sites is 1. The third kappa shape index (κ3) is 2.33. The van der Waals surface area contributed by atoms with Crippen LogP contribution in [0.3, 0.4) is 0 Å². The van der Waals surface area contributed by atoms with Crippen LogP contribution in [0.25, 0.3) is 11.5 Å². The van der Waals surface area contributed by atoms with Gasteiger partial charge in [0.2, 0.25) is 0 Å². The highest BCUT2D eigenvalue weighted by atomic mass is 16.5. The molecule has 1 N–H and O–H groups in total. The molecular weight excluding hydrogens is 257 g/mol. The van der Waals surface area contributed by atoms with Crippen molar-refractivity contribution in [3.63, 3.8) is 0 Å². The topological polar surface area (TPSA) is 21.3 Å². The van der Waals surface area contributed by atoms with Gasteiger partial charge in [-0.3, -0.25) is 0 Å². The van der Waals surface area contributed by atoms with Crippen LogP contribution in [0.1, 0.15) is 24.0 Å². The Labute approximate surface area is 125 Å². The largest absolute Gasteiger partial charge is 0.497 e. The van der Waals surface area contributed by atoms with Crippen molar-refractivity contribution in [2.24, 2.45) is 0 Å². The van der Waals surface area contributed by atoms with Crippen LogP contribution in [-0.4, -0.2) is 14.0 Å². The Bertz CT molecular complexity index is 706. The molecule has 0 unspecified atom stereocenters. The molecule has 1 saturated carbocycles. The maximum absolute atomic E-state index is 5.38. The molecule has 21 heavy (non-hydrogen) atoms. The number of benzene rings is 2. The first-order chi connectivity index (χ1) is 10.3. The molecule has 0 saturated heterocycles. The third-order valence-electron chi connectivity index (χ3n) is 4.41. The number of ether oxygens (including phenoxy) is 1. The van der Waals surface area contributed by atoms with Crippen molar-refractivity contribution in [2.45, 2.75) is 18.7 Å². The maximum atomic E-state index is 5.38. The predicted molar refractivity (Wildman–Crippen MR) is 89.7 cm³/mol. The molecule has 104 valence electrons. The number of hydrogen-bond donors (Lipinski definition) is 1. The Morgan fingerprint density at radius 1 is 1.10 bits per heavy atom. The third-order valence-corrected chi connectivity index (χ3v) is 4.41. The van der Waals surface area contributed by atoms with Crippen molar-refractivity contribution in [3.8, 4) is 5.75 Å². The SMILES string of the molecule is COc1cccc(C2=Cc3ccccc3NB2C2CC2)c1. The average Bonchev–Trinajstić information content (AvgIpc) is 3.38. The van der Waals surface area contributed by atoms with Gasteiger partial charge < -0.3 is 9.96 Å². The molecule has 4 rings (SSSR count). The number of rotatable bonds is 3. The average molecular weight is 275 g/mol. The summed E-state index contributed by atoms with van der Waals surface area (Å²) in [6, 6.07) is 16.9. The van der Waals surface area contributed by atoms with Gasteiger partial charge >= 0.3 is 0 Å². The fourth-order valence-corrected chi connectivity index (χ4v) is 3.12. The minimum atomic E-state index is 0.423. The molecule has 3 heteroatoms. The summed E-state index contributed by atoms with van der Waals surface area (Å²) < 4.78 is 5.38. The fraction of sp³-hybridized carbons (Fsp3) is 0.222. The molecule has 2 aliphatic rings. The van der Waals surface area contributed by atoms with Gasteiger partial charge in [0.15, 0.2) is 0 Å². The molecule has 0 amide bonds. The Hall–Kier alpha value is -2.16. The van der Waals surface area contributed by atoms with E-state index in [1.165, 1.54) is 35.1 Å². The van der Waals surface area contributed by atoms with Crippen LogP contribution in [0, 0.1) is 0 Å². The van der Waals surface area contributed by atoms with Crippen molar-refractivity contribution >= 4 is 24.1 Å². The minimum Gasteiger partial charge on any atom is -0.497 e. The summed E-state index contributed by atoms with van der Waals surface area (Å²) >= 11 is 0. The quantitative estimate of drug-likeness (QED) is 0.840. The highest BCUT2D eigenvalue weighted by Crippen LogP contribution is 2.46. The Kier molecular flexibility index (Phi) is 2.99. The number of fused-ring (bicyclic) bond motifs is 1. The van der Waals surface area contributed by atoms with E-state index in [9.17, 15) is 0 Å². The van der Waals surface area contributed by atoms with E-state index in [1.54, 1.807) is 7.11 Å². The van der Waals surface area contributed by atoms with E-state index in [0.717, 1.165) is 11.6 Å². The molecular formula is C18H18BNO. The molecule has 0 aromatic heterocycles. The molecule has 0 radical (unpaired) electrons.